The summed E-state index contributed by atoms with van der Waals surface area (Å²) in [4.78, 5) is 19.2. The molecule has 0 aliphatic carbocycles. The Hall–Kier alpha value is -2.69. The van der Waals surface area contributed by atoms with Crippen molar-refractivity contribution < 1.29 is 9.53 Å². The number of fused-ring (bicyclic) bond motifs is 1. The number of nitrogens with one attached hydrogen (secondary N) is 2. The third-order valence-electron chi connectivity index (χ3n) is 5.45. The first-order chi connectivity index (χ1) is 13.7. The van der Waals surface area contributed by atoms with Crippen molar-refractivity contribution in [3.63, 3.8) is 0 Å². The Morgan fingerprint density at radius 2 is 2.32 bits per heavy atom. The first-order valence-electron chi connectivity index (χ1n) is 9.85. The zero-order valence-electron chi connectivity index (χ0n) is 16.0. The summed E-state index contributed by atoms with van der Waals surface area (Å²) < 4.78 is 5.93. The number of pyridine rings is 1. The van der Waals surface area contributed by atoms with E-state index in [1.807, 2.05) is 25.1 Å². The summed E-state index contributed by atoms with van der Waals surface area (Å²) in [6, 6.07) is 10.1. The fourth-order valence-electron chi connectivity index (χ4n) is 4.09. The number of nitriles is 1. The Morgan fingerprint density at radius 1 is 1.43 bits per heavy atom. The third kappa shape index (κ3) is 3.79. The van der Waals surface area contributed by atoms with E-state index in [0.717, 1.165) is 30.5 Å². The zero-order chi connectivity index (χ0) is 19.5. The van der Waals surface area contributed by atoms with Crippen molar-refractivity contribution in [1.29, 1.82) is 5.26 Å². The molecule has 1 aromatic carbocycles. The van der Waals surface area contributed by atoms with Crippen molar-refractivity contribution in [2.45, 2.75) is 38.0 Å². The molecule has 0 saturated carbocycles. The average molecular weight is 379 g/mol. The van der Waals surface area contributed by atoms with Crippen molar-refractivity contribution in [3.8, 4) is 6.07 Å². The van der Waals surface area contributed by atoms with Crippen LogP contribution in [0, 0.1) is 11.3 Å². The number of benzene rings is 1. The minimum atomic E-state index is -0.521. The molecule has 0 unspecified atom stereocenters. The predicted molar refractivity (Wildman–Crippen MR) is 107 cm³/mol. The fourth-order valence-corrected chi connectivity index (χ4v) is 4.09. The van der Waals surface area contributed by atoms with Crippen molar-refractivity contribution in [2.24, 2.45) is 0 Å². The van der Waals surface area contributed by atoms with Crippen LogP contribution in [0.15, 0.2) is 30.5 Å². The number of anilines is 1. The standard InChI is InChI=1S/C21H25N5O2/c1-14-12-26(13-19(28-14)21(27)25-11-16-4-2-8-23-16)18-7-6-15(10-22)20-17(18)5-3-9-24-20/h3,5-7,9,14,16,19,23H,2,4,8,11-13H2,1H3,(H,25,27)/t14-,16-,19-/m1/s1. The average Bonchev–Trinajstić information content (AvgIpc) is 3.24. The molecule has 1 aromatic heterocycles. The highest BCUT2D eigenvalue weighted by Gasteiger charge is 2.31. The number of carbonyl (C=O) groups excluding carboxylic acids is 1. The summed E-state index contributed by atoms with van der Waals surface area (Å²) >= 11 is 0. The minimum absolute atomic E-state index is 0.0682. The van der Waals surface area contributed by atoms with Crippen molar-refractivity contribution in [2.75, 3.05) is 31.1 Å². The van der Waals surface area contributed by atoms with Gasteiger partial charge in [0.1, 0.15) is 6.07 Å². The molecule has 2 aromatic rings. The van der Waals surface area contributed by atoms with Gasteiger partial charge in [-0.25, -0.2) is 0 Å². The summed E-state index contributed by atoms with van der Waals surface area (Å²) in [6.07, 6.45) is 3.36. The van der Waals surface area contributed by atoms with Gasteiger partial charge in [0.05, 0.1) is 23.7 Å². The van der Waals surface area contributed by atoms with Gasteiger partial charge in [-0.15, -0.1) is 0 Å². The van der Waals surface area contributed by atoms with E-state index in [9.17, 15) is 10.1 Å². The number of ether oxygens (including phenoxy) is 1. The summed E-state index contributed by atoms with van der Waals surface area (Å²) in [7, 11) is 0. The number of carbonyl (C=O) groups is 1. The van der Waals surface area contributed by atoms with Gasteiger partial charge in [0.25, 0.3) is 5.91 Å². The molecule has 1 amide bonds. The van der Waals surface area contributed by atoms with Crippen molar-refractivity contribution in [3.05, 3.63) is 36.0 Å². The van der Waals surface area contributed by atoms with Gasteiger partial charge < -0.3 is 20.3 Å². The first-order valence-corrected chi connectivity index (χ1v) is 9.85. The van der Waals surface area contributed by atoms with Crippen LogP contribution in [0.4, 0.5) is 5.69 Å². The van der Waals surface area contributed by atoms with E-state index in [4.69, 9.17) is 4.74 Å². The molecule has 3 heterocycles. The lowest BCUT2D eigenvalue weighted by atomic mass is 10.1. The highest BCUT2D eigenvalue weighted by Crippen LogP contribution is 2.30. The molecule has 4 rings (SSSR count). The zero-order valence-corrected chi connectivity index (χ0v) is 16.0. The van der Waals surface area contributed by atoms with Gasteiger partial charge in [0, 0.05) is 36.4 Å². The Bertz CT molecular complexity index is 903. The van der Waals surface area contributed by atoms with Gasteiger partial charge >= 0.3 is 0 Å². The second-order valence-corrected chi connectivity index (χ2v) is 7.52. The molecule has 2 N–H and O–H groups in total. The highest BCUT2D eigenvalue weighted by atomic mass is 16.5. The van der Waals surface area contributed by atoms with Crippen LogP contribution in [0.25, 0.3) is 10.9 Å². The Kier molecular flexibility index (Phi) is 5.42. The quantitative estimate of drug-likeness (QED) is 0.838. The molecule has 7 nitrogen and oxygen atoms in total. The van der Waals surface area contributed by atoms with Crippen LogP contribution < -0.4 is 15.5 Å². The second kappa shape index (κ2) is 8.13. The SMILES string of the molecule is C[C@@H]1CN(c2ccc(C#N)c3ncccc23)C[C@H](C(=O)NC[C@H]2CCCN2)O1. The minimum Gasteiger partial charge on any atom is -0.365 e. The van der Waals surface area contributed by atoms with Gasteiger partial charge in [0.15, 0.2) is 6.10 Å². The van der Waals surface area contributed by atoms with Gasteiger partial charge in [-0.05, 0) is 50.6 Å². The molecular formula is C21H25N5O2. The molecule has 0 spiro atoms. The van der Waals surface area contributed by atoms with Crippen molar-refractivity contribution >= 4 is 22.5 Å². The monoisotopic (exact) mass is 379 g/mol. The molecule has 2 saturated heterocycles. The maximum absolute atomic E-state index is 12.7. The molecule has 7 heteroatoms. The third-order valence-corrected chi connectivity index (χ3v) is 5.45. The normalized spacial score (nSPS) is 24.9. The molecule has 2 fully saturated rings. The predicted octanol–water partition coefficient (Wildman–Crippen LogP) is 1.57. The maximum atomic E-state index is 12.7. The Labute approximate surface area is 164 Å². The number of amides is 1. The summed E-state index contributed by atoms with van der Waals surface area (Å²) in [6.45, 7) is 4.80. The van der Waals surface area contributed by atoms with Crippen LogP contribution in [0.3, 0.4) is 0 Å². The highest BCUT2D eigenvalue weighted by molar-refractivity contribution is 5.95. The van der Waals surface area contributed by atoms with Gasteiger partial charge in [-0.1, -0.05) is 0 Å². The lowest BCUT2D eigenvalue weighted by Crippen LogP contribution is -2.54. The van der Waals surface area contributed by atoms with Gasteiger partial charge in [0.2, 0.25) is 0 Å². The number of hydrogen-bond acceptors (Lipinski definition) is 6. The molecule has 146 valence electrons. The number of nitrogens with zero attached hydrogens (tertiary/aromatic N) is 3. The lowest BCUT2D eigenvalue weighted by molar-refractivity contribution is -0.137. The smallest absolute Gasteiger partial charge is 0.251 e. The fraction of sp³-hybridized carbons (Fsp3) is 0.476. The van der Waals surface area contributed by atoms with E-state index in [1.165, 1.54) is 0 Å². The topological polar surface area (TPSA) is 90.3 Å². The molecule has 0 radical (unpaired) electrons. The van der Waals surface area contributed by atoms with Crippen LogP contribution in [0.1, 0.15) is 25.3 Å². The first kappa shape index (κ1) is 18.7. The van der Waals surface area contributed by atoms with E-state index >= 15 is 0 Å². The number of rotatable bonds is 4. The van der Waals surface area contributed by atoms with E-state index < -0.39 is 6.10 Å². The number of aromatic nitrogens is 1. The summed E-state index contributed by atoms with van der Waals surface area (Å²) in [5.74, 6) is -0.0682. The molecule has 28 heavy (non-hydrogen) atoms. The van der Waals surface area contributed by atoms with E-state index in [2.05, 4.69) is 26.6 Å². The van der Waals surface area contributed by atoms with Crippen LogP contribution >= 0.6 is 0 Å². The summed E-state index contributed by atoms with van der Waals surface area (Å²) in [5.41, 5.74) is 2.22. The molecular weight excluding hydrogens is 354 g/mol. The van der Waals surface area contributed by atoms with Crippen molar-refractivity contribution in [1.82, 2.24) is 15.6 Å². The van der Waals surface area contributed by atoms with Crippen LogP contribution in [0.2, 0.25) is 0 Å². The van der Waals surface area contributed by atoms with Gasteiger partial charge in [-0.3, -0.25) is 9.78 Å². The van der Waals surface area contributed by atoms with E-state index in [0.29, 0.717) is 36.8 Å². The Balaban J connectivity index is 1.53. The molecule has 2 aliphatic heterocycles. The number of hydrogen-bond donors (Lipinski definition) is 2. The van der Waals surface area contributed by atoms with Crippen LogP contribution in [-0.4, -0.2) is 55.3 Å². The van der Waals surface area contributed by atoms with E-state index in [1.54, 1.807) is 12.3 Å². The maximum Gasteiger partial charge on any atom is 0.251 e. The lowest BCUT2D eigenvalue weighted by Gasteiger charge is -2.38. The van der Waals surface area contributed by atoms with Crippen LogP contribution in [-0.2, 0) is 9.53 Å². The van der Waals surface area contributed by atoms with E-state index in [-0.39, 0.29) is 12.0 Å². The second-order valence-electron chi connectivity index (χ2n) is 7.52. The molecule has 0 bridgehead atoms. The van der Waals surface area contributed by atoms with Crippen LogP contribution in [0.5, 0.6) is 0 Å². The number of morpholine rings is 1. The molecule has 2 aliphatic rings. The van der Waals surface area contributed by atoms with Gasteiger partial charge in [-0.2, -0.15) is 5.26 Å². The largest absolute Gasteiger partial charge is 0.365 e. The molecule has 3 atom stereocenters. The Morgan fingerprint density at radius 3 is 3.11 bits per heavy atom. The summed E-state index contributed by atoms with van der Waals surface area (Å²) in [5, 5.41) is 16.7.